The second kappa shape index (κ2) is 5.13. The van der Waals surface area contributed by atoms with Gasteiger partial charge in [-0.3, -0.25) is 0 Å². The second-order valence-electron chi connectivity index (χ2n) is 4.63. The highest BCUT2D eigenvalue weighted by molar-refractivity contribution is 9.10. The molecule has 19 heavy (non-hydrogen) atoms. The van der Waals surface area contributed by atoms with Gasteiger partial charge in [-0.05, 0) is 35.4 Å². The number of ether oxygens (including phenoxy) is 1. The molecule has 0 saturated heterocycles. The van der Waals surface area contributed by atoms with Gasteiger partial charge >= 0.3 is 0 Å². The Morgan fingerprint density at radius 3 is 2.95 bits per heavy atom. The van der Waals surface area contributed by atoms with E-state index in [0.29, 0.717) is 0 Å². The van der Waals surface area contributed by atoms with Crippen molar-refractivity contribution in [1.29, 1.82) is 0 Å². The number of halogens is 1. The van der Waals surface area contributed by atoms with Crippen LogP contribution in [0.3, 0.4) is 0 Å². The van der Waals surface area contributed by atoms with Crippen molar-refractivity contribution < 1.29 is 4.74 Å². The molecule has 2 aromatic rings. The Bertz CT molecular complexity index is 613. The van der Waals surface area contributed by atoms with Gasteiger partial charge < -0.3 is 15.8 Å². The van der Waals surface area contributed by atoms with E-state index in [1.807, 2.05) is 24.3 Å². The zero-order valence-electron chi connectivity index (χ0n) is 10.4. The molecular formula is C15H15BrN2O. The van der Waals surface area contributed by atoms with Crippen molar-refractivity contribution in [3.63, 3.8) is 0 Å². The van der Waals surface area contributed by atoms with Crippen LogP contribution >= 0.6 is 15.9 Å². The Morgan fingerprint density at radius 1 is 1.21 bits per heavy atom. The first-order valence-corrected chi connectivity index (χ1v) is 7.05. The topological polar surface area (TPSA) is 47.3 Å². The van der Waals surface area contributed by atoms with E-state index < -0.39 is 0 Å². The average molecular weight is 319 g/mol. The Balaban J connectivity index is 1.72. The van der Waals surface area contributed by atoms with E-state index in [0.717, 1.165) is 41.2 Å². The van der Waals surface area contributed by atoms with Crippen molar-refractivity contribution in [2.75, 3.05) is 17.7 Å². The Labute approximate surface area is 120 Å². The van der Waals surface area contributed by atoms with Gasteiger partial charge in [0.1, 0.15) is 5.75 Å². The molecule has 0 unspecified atom stereocenters. The largest absolute Gasteiger partial charge is 0.493 e. The number of nitrogens with one attached hydrogen (secondary N) is 1. The number of nitrogens with two attached hydrogens (primary N) is 1. The van der Waals surface area contributed by atoms with Gasteiger partial charge in [0, 0.05) is 17.4 Å². The summed E-state index contributed by atoms with van der Waals surface area (Å²) in [6.45, 7) is 1.56. The van der Waals surface area contributed by atoms with E-state index in [-0.39, 0.29) is 0 Å². The lowest BCUT2D eigenvalue weighted by Crippen LogP contribution is -2.02. The molecule has 3 nitrogen and oxygen atoms in total. The van der Waals surface area contributed by atoms with Gasteiger partial charge in [-0.2, -0.15) is 0 Å². The second-order valence-corrected chi connectivity index (χ2v) is 5.54. The fourth-order valence-corrected chi connectivity index (χ4v) is 2.62. The van der Waals surface area contributed by atoms with Crippen LogP contribution in [0.2, 0.25) is 0 Å². The van der Waals surface area contributed by atoms with Gasteiger partial charge in [0.05, 0.1) is 18.0 Å². The number of fused-ring (bicyclic) bond motifs is 1. The fourth-order valence-electron chi connectivity index (χ4n) is 2.24. The summed E-state index contributed by atoms with van der Waals surface area (Å²) in [4.78, 5) is 0. The molecule has 0 atom stereocenters. The van der Waals surface area contributed by atoms with Crippen molar-refractivity contribution in [3.05, 3.63) is 52.0 Å². The first-order valence-electron chi connectivity index (χ1n) is 6.26. The van der Waals surface area contributed by atoms with Crippen LogP contribution in [0.5, 0.6) is 5.75 Å². The minimum Gasteiger partial charge on any atom is -0.493 e. The Morgan fingerprint density at radius 2 is 2.11 bits per heavy atom. The van der Waals surface area contributed by atoms with Gasteiger partial charge in [0.2, 0.25) is 0 Å². The maximum Gasteiger partial charge on any atom is 0.122 e. The molecule has 1 aliphatic heterocycles. The third-order valence-corrected chi connectivity index (χ3v) is 3.74. The summed E-state index contributed by atoms with van der Waals surface area (Å²) in [5, 5.41) is 3.36. The van der Waals surface area contributed by atoms with Crippen LogP contribution in [0.25, 0.3) is 0 Å². The van der Waals surface area contributed by atoms with Gasteiger partial charge in [-0.15, -0.1) is 0 Å². The SMILES string of the molecule is Nc1cc(Br)ccc1NCc1ccc2c(c1)CCO2. The Hall–Kier alpha value is -1.68. The summed E-state index contributed by atoms with van der Waals surface area (Å²) in [5.41, 5.74) is 10.2. The normalized spacial score (nSPS) is 12.9. The third-order valence-electron chi connectivity index (χ3n) is 3.25. The summed E-state index contributed by atoms with van der Waals surface area (Å²) < 4.78 is 6.49. The van der Waals surface area contributed by atoms with Crippen LogP contribution in [0, 0.1) is 0 Å². The number of hydrogen-bond acceptors (Lipinski definition) is 3. The van der Waals surface area contributed by atoms with E-state index >= 15 is 0 Å². The fraction of sp³-hybridized carbons (Fsp3) is 0.200. The summed E-state index contributed by atoms with van der Waals surface area (Å²) in [7, 11) is 0. The molecule has 0 fully saturated rings. The number of hydrogen-bond donors (Lipinski definition) is 2. The maximum atomic E-state index is 5.96. The van der Waals surface area contributed by atoms with E-state index in [2.05, 4.69) is 33.4 Å². The monoisotopic (exact) mass is 318 g/mol. The van der Waals surface area contributed by atoms with Crippen molar-refractivity contribution >= 4 is 27.3 Å². The molecule has 0 saturated carbocycles. The summed E-state index contributed by atoms with van der Waals surface area (Å²) >= 11 is 3.40. The molecule has 0 spiro atoms. The van der Waals surface area contributed by atoms with Crippen LogP contribution in [0.4, 0.5) is 11.4 Å². The van der Waals surface area contributed by atoms with Crippen molar-refractivity contribution in [1.82, 2.24) is 0 Å². The van der Waals surface area contributed by atoms with Crippen molar-refractivity contribution in [3.8, 4) is 5.75 Å². The first-order chi connectivity index (χ1) is 9.22. The number of anilines is 2. The third kappa shape index (κ3) is 2.68. The highest BCUT2D eigenvalue weighted by Crippen LogP contribution is 2.27. The lowest BCUT2D eigenvalue weighted by Gasteiger charge is -2.10. The molecule has 0 aromatic heterocycles. The zero-order valence-corrected chi connectivity index (χ0v) is 12.0. The van der Waals surface area contributed by atoms with Gasteiger partial charge in [-0.25, -0.2) is 0 Å². The predicted molar refractivity (Wildman–Crippen MR) is 81.5 cm³/mol. The summed E-state index contributed by atoms with van der Waals surface area (Å²) in [5.74, 6) is 1.02. The molecule has 1 aliphatic rings. The number of nitrogen functional groups attached to an aromatic ring is 1. The molecule has 98 valence electrons. The molecule has 1 heterocycles. The number of rotatable bonds is 3. The smallest absolute Gasteiger partial charge is 0.122 e. The highest BCUT2D eigenvalue weighted by Gasteiger charge is 2.11. The molecule has 3 N–H and O–H groups in total. The van der Waals surface area contributed by atoms with Crippen molar-refractivity contribution in [2.45, 2.75) is 13.0 Å². The van der Waals surface area contributed by atoms with Gasteiger partial charge in [0.15, 0.2) is 0 Å². The standard InChI is InChI=1S/C15H15BrN2O/c16-12-2-3-14(13(17)8-12)18-9-10-1-4-15-11(7-10)5-6-19-15/h1-4,7-8,18H,5-6,9,17H2. The zero-order chi connectivity index (χ0) is 13.2. The molecule has 0 amide bonds. The van der Waals surface area contributed by atoms with Gasteiger partial charge in [-0.1, -0.05) is 28.1 Å². The van der Waals surface area contributed by atoms with Crippen LogP contribution in [0.1, 0.15) is 11.1 Å². The minimum absolute atomic E-state index is 0.749. The molecule has 0 aliphatic carbocycles. The Kier molecular flexibility index (Phi) is 3.34. The minimum atomic E-state index is 0.749. The predicted octanol–water partition coefficient (Wildman–Crippen LogP) is 3.58. The molecule has 0 radical (unpaired) electrons. The van der Waals surface area contributed by atoms with E-state index in [4.69, 9.17) is 10.5 Å². The van der Waals surface area contributed by atoms with Crippen LogP contribution in [0.15, 0.2) is 40.9 Å². The molecule has 0 bridgehead atoms. The summed E-state index contributed by atoms with van der Waals surface area (Å²) in [6, 6.07) is 12.2. The van der Waals surface area contributed by atoms with Crippen LogP contribution in [-0.4, -0.2) is 6.61 Å². The first kappa shape index (κ1) is 12.4. The van der Waals surface area contributed by atoms with E-state index in [1.165, 1.54) is 11.1 Å². The van der Waals surface area contributed by atoms with Crippen LogP contribution in [-0.2, 0) is 13.0 Å². The van der Waals surface area contributed by atoms with Gasteiger partial charge in [0.25, 0.3) is 0 Å². The molecule has 3 rings (SSSR count). The molecular weight excluding hydrogens is 304 g/mol. The quantitative estimate of drug-likeness (QED) is 0.850. The summed E-state index contributed by atoms with van der Waals surface area (Å²) in [6.07, 6.45) is 1.00. The number of benzene rings is 2. The van der Waals surface area contributed by atoms with Crippen LogP contribution < -0.4 is 15.8 Å². The maximum absolute atomic E-state index is 5.96. The van der Waals surface area contributed by atoms with Crippen molar-refractivity contribution in [2.24, 2.45) is 0 Å². The van der Waals surface area contributed by atoms with E-state index in [1.54, 1.807) is 0 Å². The lowest BCUT2D eigenvalue weighted by atomic mass is 10.1. The average Bonchev–Trinajstić information content (AvgIpc) is 2.85. The molecule has 4 heteroatoms. The lowest BCUT2D eigenvalue weighted by molar-refractivity contribution is 0.357. The van der Waals surface area contributed by atoms with E-state index in [9.17, 15) is 0 Å². The molecule has 2 aromatic carbocycles. The highest BCUT2D eigenvalue weighted by atomic mass is 79.9.